The zero-order chi connectivity index (χ0) is 15.5. The molecule has 0 aliphatic carbocycles. The van der Waals surface area contributed by atoms with E-state index in [2.05, 4.69) is 23.4 Å². The second-order valence-corrected chi connectivity index (χ2v) is 5.74. The fourth-order valence-corrected chi connectivity index (χ4v) is 2.88. The SMILES string of the molecule is Cc1ccccc1-n1ncc(C(=O)N2CCCNCC2)c1C. The van der Waals surface area contributed by atoms with E-state index in [1.165, 1.54) is 0 Å². The summed E-state index contributed by atoms with van der Waals surface area (Å²) in [5.74, 6) is 0.0843. The normalized spacial score (nSPS) is 15.6. The van der Waals surface area contributed by atoms with Crippen LogP contribution in [0.25, 0.3) is 5.69 Å². The molecule has 0 spiro atoms. The Kier molecular flexibility index (Phi) is 4.24. The van der Waals surface area contributed by atoms with E-state index in [1.807, 2.05) is 34.7 Å². The first-order valence-corrected chi connectivity index (χ1v) is 7.79. The number of benzene rings is 1. The van der Waals surface area contributed by atoms with Crippen molar-refractivity contribution < 1.29 is 4.79 Å². The molecule has 1 aromatic heterocycles. The summed E-state index contributed by atoms with van der Waals surface area (Å²) in [4.78, 5) is 14.7. The molecule has 1 fully saturated rings. The quantitative estimate of drug-likeness (QED) is 0.921. The van der Waals surface area contributed by atoms with Gasteiger partial charge in [0.05, 0.1) is 23.1 Å². The second kappa shape index (κ2) is 6.32. The molecule has 0 bridgehead atoms. The lowest BCUT2D eigenvalue weighted by atomic mass is 10.2. The highest BCUT2D eigenvalue weighted by molar-refractivity contribution is 5.95. The average molecular weight is 298 g/mol. The molecule has 116 valence electrons. The van der Waals surface area contributed by atoms with Crippen LogP contribution < -0.4 is 5.32 Å². The Morgan fingerprint density at radius 3 is 2.82 bits per heavy atom. The molecular weight excluding hydrogens is 276 g/mol. The fraction of sp³-hybridized carbons (Fsp3) is 0.412. The molecule has 5 nitrogen and oxygen atoms in total. The number of rotatable bonds is 2. The van der Waals surface area contributed by atoms with Gasteiger partial charge in [0.15, 0.2) is 0 Å². The van der Waals surface area contributed by atoms with Gasteiger partial charge in [0.1, 0.15) is 0 Å². The zero-order valence-electron chi connectivity index (χ0n) is 13.2. The molecule has 1 amide bonds. The maximum atomic E-state index is 12.7. The molecule has 2 heterocycles. The van der Waals surface area contributed by atoms with Crippen molar-refractivity contribution in [3.8, 4) is 5.69 Å². The van der Waals surface area contributed by atoms with E-state index in [-0.39, 0.29) is 5.91 Å². The van der Waals surface area contributed by atoms with Crippen LogP contribution in [0.2, 0.25) is 0 Å². The van der Waals surface area contributed by atoms with Gasteiger partial charge in [-0.25, -0.2) is 4.68 Å². The number of aryl methyl sites for hydroxylation is 1. The molecule has 1 aliphatic heterocycles. The number of nitrogens with one attached hydrogen (secondary N) is 1. The van der Waals surface area contributed by atoms with Crippen LogP contribution in [0.1, 0.15) is 28.0 Å². The predicted octanol–water partition coefficient (Wildman–Crippen LogP) is 1.92. The van der Waals surface area contributed by atoms with Gasteiger partial charge in [-0.05, 0) is 38.4 Å². The molecular formula is C17H22N4O. The summed E-state index contributed by atoms with van der Waals surface area (Å²) in [5, 5.41) is 7.76. The van der Waals surface area contributed by atoms with Crippen molar-refractivity contribution in [2.75, 3.05) is 26.2 Å². The smallest absolute Gasteiger partial charge is 0.257 e. The van der Waals surface area contributed by atoms with Gasteiger partial charge in [0.25, 0.3) is 5.91 Å². The molecule has 0 atom stereocenters. The van der Waals surface area contributed by atoms with E-state index >= 15 is 0 Å². The van der Waals surface area contributed by atoms with Crippen LogP contribution in [0.5, 0.6) is 0 Å². The van der Waals surface area contributed by atoms with Crippen LogP contribution in [-0.4, -0.2) is 46.8 Å². The van der Waals surface area contributed by atoms with Crippen LogP contribution in [0.3, 0.4) is 0 Å². The first-order chi connectivity index (χ1) is 10.7. The lowest BCUT2D eigenvalue weighted by Gasteiger charge is -2.19. The van der Waals surface area contributed by atoms with Gasteiger partial charge in [-0.2, -0.15) is 5.10 Å². The summed E-state index contributed by atoms with van der Waals surface area (Å²) in [5.41, 5.74) is 3.77. The van der Waals surface area contributed by atoms with Crippen LogP contribution >= 0.6 is 0 Å². The van der Waals surface area contributed by atoms with Gasteiger partial charge in [0, 0.05) is 19.6 Å². The molecule has 0 saturated carbocycles. The third-order valence-electron chi connectivity index (χ3n) is 4.21. The van der Waals surface area contributed by atoms with Crippen molar-refractivity contribution in [3.63, 3.8) is 0 Å². The van der Waals surface area contributed by atoms with Crippen LogP contribution in [0.4, 0.5) is 0 Å². The van der Waals surface area contributed by atoms with E-state index in [0.29, 0.717) is 5.56 Å². The Bertz CT molecular complexity index is 669. The highest BCUT2D eigenvalue weighted by atomic mass is 16.2. The molecule has 22 heavy (non-hydrogen) atoms. The number of hydrogen-bond acceptors (Lipinski definition) is 3. The lowest BCUT2D eigenvalue weighted by Crippen LogP contribution is -2.34. The van der Waals surface area contributed by atoms with Crippen LogP contribution in [0, 0.1) is 13.8 Å². The Labute approximate surface area is 130 Å². The molecule has 0 unspecified atom stereocenters. The first-order valence-electron chi connectivity index (χ1n) is 7.79. The van der Waals surface area contributed by atoms with Gasteiger partial charge >= 0.3 is 0 Å². The van der Waals surface area contributed by atoms with Gasteiger partial charge in [-0.1, -0.05) is 18.2 Å². The molecule has 1 N–H and O–H groups in total. The summed E-state index contributed by atoms with van der Waals surface area (Å²) < 4.78 is 1.86. The number of carbonyl (C=O) groups excluding carboxylic acids is 1. The highest BCUT2D eigenvalue weighted by Crippen LogP contribution is 2.18. The number of nitrogens with zero attached hydrogens (tertiary/aromatic N) is 3. The van der Waals surface area contributed by atoms with Crippen molar-refractivity contribution in [2.45, 2.75) is 20.3 Å². The second-order valence-electron chi connectivity index (χ2n) is 5.74. The largest absolute Gasteiger partial charge is 0.337 e. The number of para-hydroxylation sites is 1. The topological polar surface area (TPSA) is 50.2 Å². The summed E-state index contributed by atoms with van der Waals surface area (Å²) >= 11 is 0. The highest BCUT2D eigenvalue weighted by Gasteiger charge is 2.22. The van der Waals surface area contributed by atoms with Gasteiger partial charge in [0.2, 0.25) is 0 Å². The average Bonchev–Trinajstić information content (AvgIpc) is 2.75. The molecule has 1 aromatic carbocycles. The Morgan fingerprint density at radius 2 is 2.00 bits per heavy atom. The first kappa shape index (κ1) is 14.8. The molecule has 2 aromatic rings. The van der Waals surface area contributed by atoms with Gasteiger partial charge in [-0.3, -0.25) is 4.79 Å². The van der Waals surface area contributed by atoms with Gasteiger partial charge < -0.3 is 10.2 Å². The van der Waals surface area contributed by atoms with E-state index < -0.39 is 0 Å². The van der Waals surface area contributed by atoms with Crippen molar-refractivity contribution >= 4 is 5.91 Å². The Hall–Kier alpha value is -2.14. The summed E-state index contributed by atoms with van der Waals surface area (Å²) in [6.07, 6.45) is 2.69. The van der Waals surface area contributed by atoms with E-state index in [0.717, 1.165) is 49.5 Å². The van der Waals surface area contributed by atoms with Crippen molar-refractivity contribution in [3.05, 3.63) is 47.3 Å². The summed E-state index contributed by atoms with van der Waals surface area (Å²) in [6, 6.07) is 8.08. The molecule has 3 rings (SSSR count). The maximum Gasteiger partial charge on any atom is 0.257 e. The summed E-state index contributed by atoms with van der Waals surface area (Å²) in [6.45, 7) is 7.41. The van der Waals surface area contributed by atoms with Gasteiger partial charge in [-0.15, -0.1) is 0 Å². The molecule has 0 radical (unpaired) electrons. The van der Waals surface area contributed by atoms with Crippen molar-refractivity contribution in [2.24, 2.45) is 0 Å². The fourth-order valence-electron chi connectivity index (χ4n) is 2.88. The van der Waals surface area contributed by atoms with Crippen LogP contribution in [-0.2, 0) is 0 Å². The predicted molar refractivity (Wildman–Crippen MR) is 86.4 cm³/mol. The minimum atomic E-state index is 0.0843. The maximum absolute atomic E-state index is 12.7. The third-order valence-corrected chi connectivity index (χ3v) is 4.21. The zero-order valence-corrected chi connectivity index (χ0v) is 13.2. The lowest BCUT2D eigenvalue weighted by molar-refractivity contribution is 0.0765. The third kappa shape index (κ3) is 2.76. The van der Waals surface area contributed by atoms with E-state index in [1.54, 1.807) is 6.20 Å². The van der Waals surface area contributed by atoms with Crippen molar-refractivity contribution in [1.29, 1.82) is 0 Å². The van der Waals surface area contributed by atoms with Crippen LogP contribution in [0.15, 0.2) is 30.5 Å². The minimum Gasteiger partial charge on any atom is -0.337 e. The minimum absolute atomic E-state index is 0.0843. The number of hydrogen-bond donors (Lipinski definition) is 1. The standard InChI is InChI=1S/C17H22N4O/c1-13-6-3-4-7-16(13)21-14(2)15(12-19-21)17(22)20-10-5-8-18-9-11-20/h3-4,6-7,12,18H,5,8-11H2,1-2H3. The molecule has 1 saturated heterocycles. The van der Waals surface area contributed by atoms with E-state index in [9.17, 15) is 4.79 Å². The molecule has 5 heteroatoms. The summed E-state index contributed by atoms with van der Waals surface area (Å²) in [7, 11) is 0. The number of amides is 1. The van der Waals surface area contributed by atoms with Crippen molar-refractivity contribution in [1.82, 2.24) is 20.0 Å². The monoisotopic (exact) mass is 298 g/mol. The Balaban J connectivity index is 1.90. The Morgan fingerprint density at radius 1 is 1.18 bits per heavy atom. The van der Waals surface area contributed by atoms with E-state index in [4.69, 9.17) is 0 Å². The molecule has 1 aliphatic rings. The number of aromatic nitrogens is 2. The number of carbonyl (C=O) groups is 1.